The molecule has 1 heterocycles. The van der Waals surface area contributed by atoms with E-state index in [4.69, 9.17) is 0 Å². The molecule has 5 nitrogen and oxygen atoms in total. The second-order valence-corrected chi connectivity index (χ2v) is 7.82. The molecule has 0 saturated carbocycles. The number of nitrogens with one attached hydrogen (secondary N) is 2. The quantitative estimate of drug-likeness (QED) is 0.850. The van der Waals surface area contributed by atoms with Crippen molar-refractivity contribution in [2.24, 2.45) is 0 Å². The molecule has 0 aliphatic carbocycles. The Morgan fingerprint density at radius 2 is 1.91 bits per heavy atom. The molecule has 118 valence electrons. The highest BCUT2D eigenvalue weighted by molar-refractivity contribution is 7.92. The number of benzene rings is 1. The first kappa shape index (κ1) is 16.5. The Morgan fingerprint density at radius 3 is 2.45 bits per heavy atom. The third kappa shape index (κ3) is 5.16. The number of hydrogen-bond acceptors (Lipinski definition) is 4. The van der Waals surface area contributed by atoms with Crippen molar-refractivity contribution < 1.29 is 13.2 Å². The summed E-state index contributed by atoms with van der Waals surface area (Å²) in [4.78, 5) is 13.0. The van der Waals surface area contributed by atoms with Gasteiger partial charge in [-0.1, -0.05) is 18.2 Å². The van der Waals surface area contributed by atoms with Crippen LogP contribution in [0, 0.1) is 0 Å². The summed E-state index contributed by atoms with van der Waals surface area (Å²) in [5, 5.41) is 4.88. The molecule has 22 heavy (non-hydrogen) atoms. The van der Waals surface area contributed by atoms with Crippen molar-refractivity contribution in [2.45, 2.75) is 19.4 Å². The highest BCUT2D eigenvalue weighted by Gasteiger charge is 2.11. The minimum Gasteiger partial charge on any atom is -0.349 e. The van der Waals surface area contributed by atoms with Crippen molar-refractivity contribution in [2.75, 3.05) is 11.0 Å². The van der Waals surface area contributed by atoms with Gasteiger partial charge in [0, 0.05) is 10.6 Å². The maximum absolute atomic E-state index is 12.0. The van der Waals surface area contributed by atoms with Crippen molar-refractivity contribution >= 4 is 33.0 Å². The second-order valence-electron chi connectivity index (χ2n) is 5.04. The minimum atomic E-state index is -3.28. The molecular formula is C15H18N2O3S2. The predicted molar refractivity (Wildman–Crippen MR) is 89.5 cm³/mol. The van der Waals surface area contributed by atoms with Gasteiger partial charge in [-0.25, -0.2) is 8.42 Å². The standard InChI is InChI=1S/C15H18N2O3S2/c1-11(16-15(18)10-14-4-3-9-21-14)12-5-7-13(8-6-12)17-22(2,19)20/h3-9,11,17H,10H2,1-2H3,(H,16,18)/t11-/m0/s1. The van der Waals surface area contributed by atoms with Gasteiger partial charge >= 0.3 is 0 Å². The molecular weight excluding hydrogens is 320 g/mol. The molecule has 0 unspecified atom stereocenters. The predicted octanol–water partition coefficient (Wildman–Crippen LogP) is 2.54. The number of thiophene rings is 1. The third-order valence-electron chi connectivity index (χ3n) is 3.01. The van der Waals surface area contributed by atoms with Crippen LogP contribution in [0.4, 0.5) is 5.69 Å². The molecule has 0 aliphatic heterocycles. The first-order valence-electron chi connectivity index (χ1n) is 6.73. The van der Waals surface area contributed by atoms with E-state index in [0.717, 1.165) is 16.7 Å². The molecule has 1 aromatic heterocycles. The van der Waals surface area contributed by atoms with Gasteiger partial charge in [-0.15, -0.1) is 11.3 Å². The number of anilines is 1. The second kappa shape index (κ2) is 6.93. The van der Waals surface area contributed by atoms with Gasteiger partial charge in [0.1, 0.15) is 0 Å². The molecule has 2 aromatic rings. The van der Waals surface area contributed by atoms with E-state index >= 15 is 0 Å². The van der Waals surface area contributed by atoms with E-state index in [9.17, 15) is 13.2 Å². The van der Waals surface area contributed by atoms with Crippen LogP contribution in [0.3, 0.4) is 0 Å². The minimum absolute atomic E-state index is 0.0340. The molecule has 0 aliphatic rings. The number of sulfonamides is 1. The molecule has 0 saturated heterocycles. The first-order valence-corrected chi connectivity index (χ1v) is 9.50. The lowest BCUT2D eigenvalue weighted by molar-refractivity contribution is -0.121. The highest BCUT2D eigenvalue weighted by atomic mass is 32.2. The summed E-state index contributed by atoms with van der Waals surface area (Å²) in [5.41, 5.74) is 1.42. The molecule has 2 N–H and O–H groups in total. The van der Waals surface area contributed by atoms with Gasteiger partial charge in [-0.05, 0) is 36.1 Å². The zero-order chi connectivity index (χ0) is 16.2. The highest BCUT2D eigenvalue weighted by Crippen LogP contribution is 2.17. The topological polar surface area (TPSA) is 75.3 Å². The molecule has 0 fully saturated rings. The van der Waals surface area contributed by atoms with Crippen LogP contribution in [0.5, 0.6) is 0 Å². The van der Waals surface area contributed by atoms with E-state index in [2.05, 4.69) is 10.0 Å². The smallest absolute Gasteiger partial charge is 0.229 e. The molecule has 1 amide bonds. The fourth-order valence-corrected chi connectivity index (χ4v) is 3.27. The number of amides is 1. The fraction of sp³-hybridized carbons (Fsp3) is 0.267. The van der Waals surface area contributed by atoms with E-state index in [1.165, 1.54) is 0 Å². The maximum Gasteiger partial charge on any atom is 0.229 e. The van der Waals surface area contributed by atoms with Gasteiger partial charge < -0.3 is 5.32 Å². The zero-order valence-corrected chi connectivity index (χ0v) is 14.0. The SMILES string of the molecule is C[C@H](NC(=O)Cc1cccs1)c1ccc(NS(C)(=O)=O)cc1. The van der Waals surface area contributed by atoms with Crippen LogP contribution >= 0.6 is 11.3 Å². The van der Waals surface area contributed by atoms with Crippen LogP contribution in [0.2, 0.25) is 0 Å². The van der Waals surface area contributed by atoms with Gasteiger partial charge in [0.2, 0.25) is 15.9 Å². The van der Waals surface area contributed by atoms with Gasteiger partial charge in [0.15, 0.2) is 0 Å². The molecule has 2 rings (SSSR count). The number of carbonyl (C=O) groups is 1. The Kier molecular flexibility index (Phi) is 5.20. The Labute approximate surface area is 134 Å². The van der Waals surface area contributed by atoms with Crippen molar-refractivity contribution in [1.82, 2.24) is 5.32 Å². The van der Waals surface area contributed by atoms with Gasteiger partial charge in [0.05, 0.1) is 18.7 Å². The Morgan fingerprint density at radius 1 is 1.23 bits per heavy atom. The summed E-state index contributed by atoms with van der Waals surface area (Å²) < 4.78 is 24.7. The lowest BCUT2D eigenvalue weighted by Crippen LogP contribution is -2.27. The van der Waals surface area contributed by atoms with E-state index in [0.29, 0.717) is 12.1 Å². The number of rotatable bonds is 6. The van der Waals surface area contributed by atoms with Crippen molar-refractivity contribution in [3.63, 3.8) is 0 Å². The van der Waals surface area contributed by atoms with Crippen LogP contribution in [0.1, 0.15) is 23.4 Å². The lowest BCUT2D eigenvalue weighted by atomic mass is 10.1. The molecule has 0 radical (unpaired) electrons. The number of hydrogen-bond donors (Lipinski definition) is 2. The maximum atomic E-state index is 12.0. The largest absolute Gasteiger partial charge is 0.349 e. The van der Waals surface area contributed by atoms with E-state index < -0.39 is 10.0 Å². The zero-order valence-electron chi connectivity index (χ0n) is 12.4. The van der Waals surface area contributed by atoms with E-state index in [1.54, 1.807) is 35.6 Å². The molecule has 0 bridgehead atoms. The summed E-state index contributed by atoms with van der Waals surface area (Å²) in [5.74, 6) is -0.0340. The van der Waals surface area contributed by atoms with E-state index in [-0.39, 0.29) is 11.9 Å². The van der Waals surface area contributed by atoms with Gasteiger partial charge in [-0.2, -0.15) is 0 Å². The van der Waals surface area contributed by atoms with Gasteiger partial charge in [-0.3, -0.25) is 9.52 Å². The molecule has 1 aromatic carbocycles. The van der Waals surface area contributed by atoms with Crippen molar-refractivity contribution in [3.05, 3.63) is 52.2 Å². The van der Waals surface area contributed by atoms with Crippen LogP contribution in [-0.2, 0) is 21.2 Å². The first-order chi connectivity index (χ1) is 10.3. The average molecular weight is 338 g/mol. The average Bonchev–Trinajstić information content (AvgIpc) is 2.90. The van der Waals surface area contributed by atoms with Crippen LogP contribution in [0.15, 0.2) is 41.8 Å². The summed E-state index contributed by atoms with van der Waals surface area (Å²) in [6.45, 7) is 1.89. The summed E-state index contributed by atoms with van der Waals surface area (Å²) >= 11 is 1.56. The lowest BCUT2D eigenvalue weighted by Gasteiger charge is -2.15. The fourth-order valence-electron chi connectivity index (χ4n) is 2.00. The summed E-state index contributed by atoms with van der Waals surface area (Å²) in [6.07, 6.45) is 1.48. The normalized spacial score (nSPS) is 12.6. The van der Waals surface area contributed by atoms with Gasteiger partial charge in [0.25, 0.3) is 0 Å². The van der Waals surface area contributed by atoms with Crippen molar-refractivity contribution in [1.29, 1.82) is 0 Å². The molecule has 7 heteroatoms. The Balaban J connectivity index is 1.94. The van der Waals surface area contributed by atoms with Crippen LogP contribution < -0.4 is 10.0 Å². The Bertz CT molecular complexity index is 723. The molecule has 0 spiro atoms. The third-order valence-corrected chi connectivity index (χ3v) is 4.49. The number of carbonyl (C=O) groups excluding carboxylic acids is 1. The van der Waals surface area contributed by atoms with E-state index in [1.807, 2.05) is 24.4 Å². The van der Waals surface area contributed by atoms with Crippen LogP contribution in [0.25, 0.3) is 0 Å². The monoisotopic (exact) mass is 338 g/mol. The van der Waals surface area contributed by atoms with Crippen LogP contribution in [-0.4, -0.2) is 20.6 Å². The van der Waals surface area contributed by atoms with Crippen molar-refractivity contribution in [3.8, 4) is 0 Å². The Hall–Kier alpha value is -1.86. The summed E-state index contributed by atoms with van der Waals surface area (Å²) in [7, 11) is -3.28. The summed E-state index contributed by atoms with van der Waals surface area (Å²) in [6, 6.07) is 10.7. The molecule has 1 atom stereocenters.